The van der Waals surface area contributed by atoms with Crippen molar-refractivity contribution in [2.45, 2.75) is 70.4 Å². The molecule has 1 saturated carbocycles. The summed E-state index contributed by atoms with van der Waals surface area (Å²) in [4.78, 5) is 4.53. The monoisotopic (exact) mass is 267 g/mol. The number of nitrogens with two attached hydrogens (primary N) is 1. The van der Waals surface area contributed by atoms with E-state index in [1.54, 1.807) is 0 Å². The molecule has 0 bridgehead atoms. The van der Waals surface area contributed by atoms with Crippen molar-refractivity contribution in [3.63, 3.8) is 0 Å². The van der Waals surface area contributed by atoms with Crippen LogP contribution in [0.2, 0.25) is 0 Å². The lowest BCUT2D eigenvalue weighted by molar-refractivity contribution is -0.0777. The maximum absolute atomic E-state index is 5.99. The molecule has 0 unspecified atom stereocenters. The van der Waals surface area contributed by atoms with E-state index in [1.807, 2.05) is 20.8 Å². The van der Waals surface area contributed by atoms with E-state index in [0.717, 1.165) is 25.7 Å². The van der Waals surface area contributed by atoms with Crippen molar-refractivity contribution < 1.29 is 9.26 Å². The lowest BCUT2D eigenvalue weighted by Crippen LogP contribution is -2.35. The van der Waals surface area contributed by atoms with Crippen LogP contribution in [0.5, 0.6) is 0 Å². The molecule has 0 aromatic carbocycles. The molecule has 108 valence electrons. The summed E-state index contributed by atoms with van der Waals surface area (Å²) in [5.74, 6) is 1.31. The van der Waals surface area contributed by atoms with Gasteiger partial charge in [-0.15, -0.1) is 0 Å². The van der Waals surface area contributed by atoms with E-state index in [1.165, 1.54) is 6.42 Å². The predicted octanol–water partition coefficient (Wildman–Crippen LogP) is 2.55. The SMILES string of the molecule is CCOC1(c2noc(CC(C)(C)N)n2)CCCCC1. The predicted molar refractivity (Wildman–Crippen MR) is 72.7 cm³/mol. The highest BCUT2D eigenvalue weighted by molar-refractivity contribution is 5.04. The van der Waals surface area contributed by atoms with E-state index in [2.05, 4.69) is 10.1 Å². The Balaban J connectivity index is 2.18. The summed E-state index contributed by atoms with van der Waals surface area (Å²) in [5.41, 5.74) is 5.31. The Labute approximate surface area is 114 Å². The lowest BCUT2D eigenvalue weighted by atomic mass is 9.84. The molecule has 5 nitrogen and oxygen atoms in total. The van der Waals surface area contributed by atoms with Crippen LogP contribution in [-0.2, 0) is 16.8 Å². The number of hydrogen-bond donors (Lipinski definition) is 1. The van der Waals surface area contributed by atoms with Crippen molar-refractivity contribution in [1.82, 2.24) is 10.1 Å². The second kappa shape index (κ2) is 5.59. The number of aromatic nitrogens is 2. The molecule has 0 spiro atoms. The van der Waals surface area contributed by atoms with Gasteiger partial charge in [-0.2, -0.15) is 4.98 Å². The van der Waals surface area contributed by atoms with Crippen molar-refractivity contribution in [2.24, 2.45) is 5.73 Å². The standard InChI is InChI=1S/C14H25N3O2/c1-4-18-14(8-6-5-7-9-14)12-16-11(19-17-12)10-13(2,3)15/h4-10,15H2,1-3H3. The summed E-state index contributed by atoms with van der Waals surface area (Å²) in [6, 6.07) is 0. The number of rotatable bonds is 5. The molecule has 0 saturated heterocycles. The summed E-state index contributed by atoms with van der Waals surface area (Å²) in [7, 11) is 0. The Morgan fingerprint density at radius 3 is 2.58 bits per heavy atom. The third-order valence-corrected chi connectivity index (χ3v) is 3.56. The van der Waals surface area contributed by atoms with Gasteiger partial charge in [0, 0.05) is 18.6 Å². The fraction of sp³-hybridized carbons (Fsp3) is 0.857. The molecule has 0 aliphatic heterocycles. The third kappa shape index (κ3) is 3.54. The fourth-order valence-electron chi connectivity index (χ4n) is 2.73. The van der Waals surface area contributed by atoms with Gasteiger partial charge in [-0.25, -0.2) is 0 Å². The molecule has 1 fully saturated rings. The molecule has 1 aromatic rings. The van der Waals surface area contributed by atoms with Crippen LogP contribution in [0, 0.1) is 0 Å². The first kappa shape index (κ1) is 14.5. The number of nitrogens with zero attached hydrogens (tertiary/aromatic N) is 2. The van der Waals surface area contributed by atoms with E-state index in [-0.39, 0.29) is 11.1 Å². The van der Waals surface area contributed by atoms with Gasteiger partial charge >= 0.3 is 0 Å². The Morgan fingerprint density at radius 1 is 1.32 bits per heavy atom. The number of hydrogen-bond acceptors (Lipinski definition) is 5. The highest BCUT2D eigenvalue weighted by atomic mass is 16.5. The van der Waals surface area contributed by atoms with Gasteiger partial charge in [0.05, 0.1) is 0 Å². The Morgan fingerprint density at radius 2 is 2.00 bits per heavy atom. The van der Waals surface area contributed by atoms with Crippen LogP contribution in [0.1, 0.15) is 64.6 Å². The molecule has 1 heterocycles. The molecule has 2 N–H and O–H groups in total. The highest BCUT2D eigenvalue weighted by Gasteiger charge is 2.39. The molecule has 1 aliphatic rings. The van der Waals surface area contributed by atoms with Crippen molar-refractivity contribution in [1.29, 1.82) is 0 Å². The van der Waals surface area contributed by atoms with Crippen LogP contribution in [0.25, 0.3) is 0 Å². The summed E-state index contributed by atoms with van der Waals surface area (Å²) in [6.07, 6.45) is 6.12. The first-order chi connectivity index (χ1) is 8.95. The molecule has 1 aromatic heterocycles. The largest absolute Gasteiger partial charge is 0.367 e. The Kier molecular flexibility index (Phi) is 4.26. The van der Waals surface area contributed by atoms with Gasteiger partial charge in [0.2, 0.25) is 11.7 Å². The molecular formula is C14H25N3O2. The Bertz CT molecular complexity index is 398. The molecule has 1 aliphatic carbocycles. The highest BCUT2D eigenvalue weighted by Crippen LogP contribution is 2.39. The molecule has 5 heteroatoms. The van der Waals surface area contributed by atoms with Crippen molar-refractivity contribution in [3.8, 4) is 0 Å². The lowest BCUT2D eigenvalue weighted by Gasteiger charge is -2.33. The van der Waals surface area contributed by atoms with Gasteiger partial charge in [0.25, 0.3) is 0 Å². The maximum atomic E-state index is 5.99. The van der Waals surface area contributed by atoms with Crippen molar-refractivity contribution in [3.05, 3.63) is 11.7 Å². The quantitative estimate of drug-likeness (QED) is 0.887. The zero-order valence-electron chi connectivity index (χ0n) is 12.2. The van der Waals surface area contributed by atoms with Crippen LogP contribution in [0.4, 0.5) is 0 Å². The van der Waals surface area contributed by atoms with Crippen LogP contribution >= 0.6 is 0 Å². The minimum atomic E-state index is -0.340. The van der Waals surface area contributed by atoms with Crippen LogP contribution < -0.4 is 5.73 Å². The minimum absolute atomic E-state index is 0.338. The summed E-state index contributed by atoms with van der Waals surface area (Å²) in [5, 5.41) is 4.15. The molecule has 0 amide bonds. The fourth-order valence-corrected chi connectivity index (χ4v) is 2.73. The van der Waals surface area contributed by atoms with E-state index >= 15 is 0 Å². The summed E-state index contributed by atoms with van der Waals surface area (Å²) >= 11 is 0. The summed E-state index contributed by atoms with van der Waals surface area (Å²) in [6.45, 7) is 6.60. The first-order valence-corrected chi connectivity index (χ1v) is 7.21. The second-order valence-electron chi connectivity index (χ2n) is 6.17. The molecule has 0 radical (unpaired) electrons. The Hall–Kier alpha value is -0.940. The van der Waals surface area contributed by atoms with E-state index in [9.17, 15) is 0 Å². The smallest absolute Gasteiger partial charge is 0.228 e. The topological polar surface area (TPSA) is 74.2 Å². The molecule has 19 heavy (non-hydrogen) atoms. The maximum Gasteiger partial charge on any atom is 0.228 e. The molecule has 0 atom stereocenters. The average molecular weight is 267 g/mol. The second-order valence-corrected chi connectivity index (χ2v) is 6.17. The van der Waals surface area contributed by atoms with Gasteiger partial charge in [0.15, 0.2) is 0 Å². The van der Waals surface area contributed by atoms with Crippen LogP contribution in [0.15, 0.2) is 4.52 Å². The zero-order valence-corrected chi connectivity index (χ0v) is 12.2. The van der Waals surface area contributed by atoms with Gasteiger partial charge < -0.3 is 15.0 Å². The van der Waals surface area contributed by atoms with Crippen LogP contribution in [-0.4, -0.2) is 22.3 Å². The van der Waals surface area contributed by atoms with Gasteiger partial charge in [-0.1, -0.05) is 24.4 Å². The van der Waals surface area contributed by atoms with E-state index < -0.39 is 0 Å². The minimum Gasteiger partial charge on any atom is -0.367 e. The van der Waals surface area contributed by atoms with Crippen LogP contribution in [0.3, 0.4) is 0 Å². The molecular weight excluding hydrogens is 242 g/mol. The number of ether oxygens (including phenoxy) is 1. The van der Waals surface area contributed by atoms with E-state index in [4.69, 9.17) is 15.0 Å². The van der Waals surface area contributed by atoms with Gasteiger partial charge in [-0.05, 0) is 33.6 Å². The first-order valence-electron chi connectivity index (χ1n) is 7.21. The molecule has 2 rings (SSSR count). The normalized spacial score (nSPS) is 19.6. The van der Waals surface area contributed by atoms with E-state index in [0.29, 0.717) is 24.7 Å². The van der Waals surface area contributed by atoms with Crippen molar-refractivity contribution in [2.75, 3.05) is 6.61 Å². The summed E-state index contributed by atoms with van der Waals surface area (Å²) < 4.78 is 11.3. The third-order valence-electron chi connectivity index (χ3n) is 3.56. The van der Waals surface area contributed by atoms with Crippen molar-refractivity contribution >= 4 is 0 Å². The van der Waals surface area contributed by atoms with Gasteiger partial charge in [0.1, 0.15) is 5.60 Å². The van der Waals surface area contributed by atoms with Gasteiger partial charge in [-0.3, -0.25) is 0 Å². The average Bonchev–Trinajstić information content (AvgIpc) is 2.77. The zero-order chi connectivity index (χ0) is 13.9.